The van der Waals surface area contributed by atoms with Crippen LogP contribution >= 0.6 is 0 Å². The first-order valence-corrected chi connectivity index (χ1v) is 6.60. The van der Waals surface area contributed by atoms with E-state index in [1.54, 1.807) is 6.08 Å². The van der Waals surface area contributed by atoms with Crippen LogP contribution in [0.2, 0.25) is 0 Å². The summed E-state index contributed by atoms with van der Waals surface area (Å²) in [4.78, 5) is 13.8. The molecule has 19 heavy (non-hydrogen) atoms. The number of amides is 1. The Morgan fingerprint density at radius 1 is 1.47 bits per heavy atom. The van der Waals surface area contributed by atoms with E-state index in [0.29, 0.717) is 6.54 Å². The minimum atomic E-state index is -0.248. The zero-order valence-corrected chi connectivity index (χ0v) is 11.0. The number of hydrogen-bond donors (Lipinski definition) is 1. The third-order valence-electron chi connectivity index (χ3n) is 3.22. The van der Waals surface area contributed by atoms with Gasteiger partial charge in [-0.05, 0) is 12.0 Å². The van der Waals surface area contributed by atoms with Crippen LogP contribution in [0.4, 0.5) is 4.79 Å². The maximum Gasteiger partial charge on any atom is 0.410 e. The highest BCUT2D eigenvalue weighted by molar-refractivity contribution is 5.68. The molecule has 1 unspecified atom stereocenters. The zero-order chi connectivity index (χ0) is 13.5. The van der Waals surface area contributed by atoms with Gasteiger partial charge in [-0.25, -0.2) is 4.79 Å². The summed E-state index contributed by atoms with van der Waals surface area (Å²) in [6.07, 6.45) is 2.19. The molecule has 1 atom stereocenters. The summed E-state index contributed by atoms with van der Waals surface area (Å²) in [6.45, 7) is 6.13. The lowest BCUT2D eigenvalue weighted by molar-refractivity contribution is 0.0854. The number of rotatable bonds is 4. The number of piperazine rings is 1. The van der Waals surface area contributed by atoms with E-state index in [0.717, 1.165) is 19.5 Å². The normalized spacial score (nSPS) is 18.9. The van der Waals surface area contributed by atoms with Crippen LogP contribution in [0.1, 0.15) is 5.56 Å². The van der Waals surface area contributed by atoms with Gasteiger partial charge >= 0.3 is 6.09 Å². The molecule has 2 rings (SSSR count). The van der Waals surface area contributed by atoms with Crippen LogP contribution in [0.3, 0.4) is 0 Å². The fourth-order valence-corrected chi connectivity index (χ4v) is 2.28. The molecule has 1 amide bonds. The molecule has 0 spiro atoms. The molecule has 0 saturated carbocycles. The van der Waals surface area contributed by atoms with Gasteiger partial charge in [-0.2, -0.15) is 0 Å². The number of nitrogens with zero attached hydrogens (tertiary/aromatic N) is 1. The third-order valence-corrected chi connectivity index (χ3v) is 3.22. The molecule has 1 heterocycles. The molecule has 1 N–H and O–H groups in total. The minimum absolute atomic E-state index is 0.147. The van der Waals surface area contributed by atoms with Gasteiger partial charge in [-0.15, -0.1) is 0 Å². The molecule has 4 heteroatoms. The van der Waals surface area contributed by atoms with Crippen LogP contribution in [0.25, 0.3) is 0 Å². The van der Waals surface area contributed by atoms with Crippen molar-refractivity contribution in [2.75, 3.05) is 26.2 Å². The highest BCUT2D eigenvalue weighted by Gasteiger charge is 2.27. The van der Waals surface area contributed by atoms with Crippen LogP contribution in [-0.2, 0) is 11.2 Å². The molecule has 1 aromatic carbocycles. The van der Waals surface area contributed by atoms with Crippen molar-refractivity contribution in [2.45, 2.75) is 12.5 Å². The summed E-state index contributed by atoms with van der Waals surface area (Å²) in [5.41, 5.74) is 1.23. The van der Waals surface area contributed by atoms with E-state index in [-0.39, 0.29) is 18.7 Å². The SMILES string of the molecule is C=CCOC(=O)N1CCNCC1Cc1ccccc1. The zero-order valence-electron chi connectivity index (χ0n) is 11.0. The Kier molecular flexibility index (Phi) is 4.98. The molecule has 1 aromatic rings. The quantitative estimate of drug-likeness (QED) is 0.840. The Balaban J connectivity index is 1.99. The van der Waals surface area contributed by atoms with Gasteiger partial charge in [-0.1, -0.05) is 43.0 Å². The number of nitrogens with one attached hydrogen (secondary N) is 1. The maximum absolute atomic E-state index is 12.0. The standard InChI is InChI=1S/C15H20N2O2/c1-2-10-19-15(18)17-9-8-16-12-14(17)11-13-6-4-3-5-7-13/h2-7,14,16H,1,8-12H2. The molecule has 0 bridgehead atoms. The number of ether oxygens (including phenoxy) is 1. The van der Waals surface area contributed by atoms with Crippen molar-refractivity contribution in [2.24, 2.45) is 0 Å². The van der Waals surface area contributed by atoms with Crippen molar-refractivity contribution in [1.29, 1.82) is 0 Å². The molecule has 4 nitrogen and oxygen atoms in total. The minimum Gasteiger partial charge on any atom is -0.445 e. The maximum atomic E-state index is 12.0. The van der Waals surface area contributed by atoms with Gasteiger partial charge < -0.3 is 15.0 Å². The van der Waals surface area contributed by atoms with Gasteiger partial charge in [0, 0.05) is 19.6 Å². The second kappa shape index (κ2) is 6.95. The average molecular weight is 260 g/mol. The van der Waals surface area contributed by atoms with Crippen LogP contribution in [-0.4, -0.2) is 43.3 Å². The number of hydrogen-bond acceptors (Lipinski definition) is 3. The van der Waals surface area contributed by atoms with Gasteiger partial charge in [0.15, 0.2) is 0 Å². The molecule has 1 saturated heterocycles. The molecular formula is C15H20N2O2. The molecule has 1 aliphatic heterocycles. The van der Waals surface area contributed by atoms with Crippen molar-refractivity contribution in [1.82, 2.24) is 10.2 Å². The lowest BCUT2D eigenvalue weighted by atomic mass is 10.0. The van der Waals surface area contributed by atoms with E-state index in [1.165, 1.54) is 5.56 Å². The van der Waals surface area contributed by atoms with Crippen LogP contribution in [0.5, 0.6) is 0 Å². The van der Waals surface area contributed by atoms with Gasteiger partial charge in [0.25, 0.3) is 0 Å². The highest BCUT2D eigenvalue weighted by Crippen LogP contribution is 2.12. The van der Waals surface area contributed by atoms with E-state index in [2.05, 4.69) is 24.0 Å². The third kappa shape index (κ3) is 3.83. The Morgan fingerprint density at radius 2 is 2.26 bits per heavy atom. The molecule has 0 radical (unpaired) electrons. The van der Waals surface area contributed by atoms with E-state index < -0.39 is 0 Å². The van der Waals surface area contributed by atoms with Crippen molar-refractivity contribution in [3.8, 4) is 0 Å². The fourth-order valence-electron chi connectivity index (χ4n) is 2.28. The topological polar surface area (TPSA) is 41.6 Å². The summed E-state index contributed by atoms with van der Waals surface area (Å²) in [5.74, 6) is 0. The Labute approximate surface area is 114 Å². The van der Waals surface area contributed by atoms with E-state index in [9.17, 15) is 4.79 Å². The smallest absolute Gasteiger partial charge is 0.410 e. The van der Waals surface area contributed by atoms with Gasteiger partial charge in [0.1, 0.15) is 6.61 Å². The molecule has 102 valence electrons. The van der Waals surface area contributed by atoms with Crippen LogP contribution < -0.4 is 5.32 Å². The van der Waals surface area contributed by atoms with Crippen LogP contribution in [0.15, 0.2) is 43.0 Å². The van der Waals surface area contributed by atoms with E-state index >= 15 is 0 Å². The second-order valence-corrected chi connectivity index (χ2v) is 4.61. The first-order chi connectivity index (χ1) is 9.31. The average Bonchev–Trinajstić information content (AvgIpc) is 2.46. The molecule has 1 aliphatic rings. The monoisotopic (exact) mass is 260 g/mol. The number of carbonyl (C=O) groups is 1. The Morgan fingerprint density at radius 3 is 3.00 bits per heavy atom. The highest BCUT2D eigenvalue weighted by atomic mass is 16.6. The molecule has 1 fully saturated rings. The van der Waals surface area contributed by atoms with E-state index in [4.69, 9.17) is 4.74 Å². The summed E-state index contributed by atoms with van der Waals surface area (Å²) >= 11 is 0. The number of benzene rings is 1. The van der Waals surface area contributed by atoms with Gasteiger partial charge in [-0.3, -0.25) is 0 Å². The first-order valence-electron chi connectivity index (χ1n) is 6.60. The van der Waals surface area contributed by atoms with Gasteiger partial charge in [0.2, 0.25) is 0 Å². The summed E-state index contributed by atoms with van der Waals surface area (Å²) in [7, 11) is 0. The lowest BCUT2D eigenvalue weighted by Gasteiger charge is -2.35. The Bertz CT molecular complexity index is 419. The Hall–Kier alpha value is -1.81. The lowest BCUT2D eigenvalue weighted by Crippen LogP contribution is -2.54. The summed E-state index contributed by atoms with van der Waals surface area (Å²) in [6, 6.07) is 10.4. The largest absolute Gasteiger partial charge is 0.445 e. The van der Waals surface area contributed by atoms with E-state index in [1.807, 2.05) is 23.1 Å². The van der Waals surface area contributed by atoms with Crippen molar-refractivity contribution in [3.05, 3.63) is 48.6 Å². The molecule has 0 aromatic heterocycles. The summed E-state index contributed by atoms with van der Waals surface area (Å²) < 4.78 is 5.14. The van der Waals surface area contributed by atoms with Crippen molar-refractivity contribution < 1.29 is 9.53 Å². The second-order valence-electron chi connectivity index (χ2n) is 4.61. The predicted octanol–water partition coefficient (Wildman–Crippen LogP) is 1.83. The fraction of sp³-hybridized carbons (Fsp3) is 0.400. The predicted molar refractivity (Wildman–Crippen MR) is 75.1 cm³/mol. The van der Waals surface area contributed by atoms with Gasteiger partial charge in [0.05, 0.1) is 6.04 Å². The van der Waals surface area contributed by atoms with Crippen molar-refractivity contribution >= 4 is 6.09 Å². The molecular weight excluding hydrogens is 240 g/mol. The number of carbonyl (C=O) groups excluding carboxylic acids is 1. The summed E-state index contributed by atoms with van der Waals surface area (Å²) in [5, 5.41) is 3.33. The first kappa shape index (κ1) is 13.6. The van der Waals surface area contributed by atoms with Crippen molar-refractivity contribution in [3.63, 3.8) is 0 Å². The van der Waals surface area contributed by atoms with Crippen LogP contribution in [0, 0.1) is 0 Å². The molecule has 0 aliphatic carbocycles.